The van der Waals surface area contributed by atoms with Gasteiger partial charge in [0.05, 0.1) is 6.26 Å². The summed E-state index contributed by atoms with van der Waals surface area (Å²) in [5.41, 5.74) is 0.460. The van der Waals surface area contributed by atoms with Crippen LogP contribution in [-0.2, 0) is 0 Å². The lowest BCUT2D eigenvalue weighted by Crippen LogP contribution is -2.22. The maximum Gasteiger partial charge on any atom is 0.291 e. The van der Waals surface area contributed by atoms with E-state index in [4.69, 9.17) is 9.15 Å². The molecule has 0 saturated heterocycles. The average Bonchev–Trinajstić information content (AvgIpc) is 2.83. The van der Waals surface area contributed by atoms with Gasteiger partial charge in [0, 0.05) is 5.69 Å². The van der Waals surface area contributed by atoms with Gasteiger partial charge < -0.3 is 14.5 Å². The minimum absolute atomic E-state index is 0.237. The zero-order chi connectivity index (χ0) is 13.9. The summed E-state index contributed by atoms with van der Waals surface area (Å²) in [7, 11) is 0. The van der Waals surface area contributed by atoms with E-state index < -0.39 is 0 Å². The highest BCUT2D eigenvalue weighted by atomic mass is 16.5. The number of carbonyl (C=O) groups is 1. The Hall–Kier alpha value is -2.23. The van der Waals surface area contributed by atoms with E-state index >= 15 is 0 Å². The largest absolute Gasteiger partial charge is 0.488 e. The minimum Gasteiger partial charge on any atom is -0.488 e. The molecule has 0 unspecified atom stereocenters. The van der Waals surface area contributed by atoms with Crippen molar-refractivity contribution in [2.24, 2.45) is 0 Å². The lowest BCUT2D eigenvalue weighted by Gasteiger charge is -2.21. The van der Waals surface area contributed by atoms with Crippen molar-refractivity contribution >= 4 is 11.6 Å². The van der Waals surface area contributed by atoms with Crippen LogP contribution in [0.5, 0.6) is 5.75 Å². The zero-order valence-corrected chi connectivity index (χ0v) is 11.3. The molecule has 2 rings (SSSR count). The number of furan rings is 1. The van der Waals surface area contributed by atoms with Gasteiger partial charge >= 0.3 is 0 Å². The second-order valence-electron chi connectivity index (χ2n) is 5.17. The van der Waals surface area contributed by atoms with Gasteiger partial charge in [0.2, 0.25) is 0 Å². The standard InChI is InChI=1S/C15H17NO3/c1-15(2,3)19-12-8-6-11(7-9-12)16-14(17)13-5-4-10-18-13/h4-10H,1-3H3,(H,16,17). The molecule has 1 heterocycles. The Bertz CT molecular complexity index is 536. The predicted octanol–water partition coefficient (Wildman–Crippen LogP) is 3.71. The summed E-state index contributed by atoms with van der Waals surface area (Å²) in [5, 5.41) is 2.75. The van der Waals surface area contributed by atoms with Crippen LogP contribution in [0.3, 0.4) is 0 Å². The second-order valence-corrected chi connectivity index (χ2v) is 5.17. The molecule has 0 spiro atoms. The van der Waals surface area contributed by atoms with Crippen LogP contribution in [0, 0.1) is 0 Å². The van der Waals surface area contributed by atoms with Gasteiger partial charge in [-0.25, -0.2) is 0 Å². The molecule has 0 saturated carbocycles. The number of nitrogens with one attached hydrogen (secondary N) is 1. The van der Waals surface area contributed by atoms with Gasteiger partial charge in [0.25, 0.3) is 5.91 Å². The van der Waals surface area contributed by atoms with Gasteiger partial charge in [-0.05, 0) is 57.2 Å². The summed E-state index contributed by atoms with van der Waals surface area (Å²) in [6.45, 7) is 5.96. The molecule has 4 heteroatoms. The fourth-order valence-corrected chi connectivity index (χ4v) is 1.56. The van der Waals surface area contributed by atoms with Crippen LogP contribution in [0.4, 0.5) is 5.69 Å². The molecule has 1 N–H and O–H groups in total. The molecule has 1 aromatic carbocycles. The lowest BCUT2D eigenvalue weighted by atomic mass is 10.2. The fraction of sp³-hybridized carbons (Fsp3) is 0.267. The SMILES string of the molecule is CC(C)(C)Oc1ccc(NC(=O)c2ccco2)cc1. The van der Waals surface area contributed by atoms with Crippen LogP contribution >= 0.6 is 0 Å². The van der Waals surface area contributed by atoms with E-state index in [1.807, 2.05) is 32.9 Å². The number of amides is 1. The summed E-state index contributed by atoms with van der Waals surface area (Å²) in [6, 6.07) is 10.5. The number of carbonyl (C=O) groups excluding carboxylic acids is 1. The second kappa shape index (κ2) is 5.18. The number of anilines is 1. The molecule has 1 aromatic heterocycles. The van der Waals surface area contributed by atoms with E-state index in [9.17, 15) is 4.79 Å². The van der Waals surface area contributed by atoms with Crippen LogP contribution in [0.2, 0.25) is 0 Å². The Labute approximate surface area is 112 Å². The first-order valence-electron chi connectivity index (χ1n) is 6.08. The lowest BCUT2D eigenvalue weighted by molar-refractivity contribution is 0.0996. The maximum absolute atomic E-state index is 11.8. The van der Waals surface area contributed by atoms with Crippen molar-refractivity contribution in [3.63, 3.8) is 0 Å². The summed E-state index contributed by atoms with van der Waals surface area (Å²) in [4.78, 5) is 11.8. The molecule has 0 aliphatic rings. The Morgan fingerprint density at radius 3 is 2.37 bits per heavy atom. The third-order valence-corrected chi connectivity index (χ3v) is 2.28. The molecule has 1 amide bonds. The number of rotatable bonds is 3. The van der Waals surface area contributed by atoms with E-state index in [2.05, 4.69) is 5.32 Å². The molecule has 0 bridgehead atoms. The normalized spacial score (nSPS) is 11.1. The Balaban J connectivity index is 2.01. The van der Waals surface area contributed by atoms with Gasteiger partial charge in [0.15, 0.2) is 5.76 Å². The molecule has 0 aliphatic carbocycles. The molecular weight excluding hydrogens is 242 g/mol. The van der Waals surface area contributed by atoms with E-state index in [1.165, 1.54) is 6.26 Å². The first-order chi connectivity index (χ1) is 8.94. The Kier molecular flexibility index (Phi) is 3.60. The molecule has 0 aliphatic heterocycles. The van der Waals surface area contributed by atoms with Crippen molar-refractivity contribution in [2.75, 3.05) is 5.32 Å². The van der Waals surface area contributed by atoms with Gasteiger partial charge in [-0.15, -0.1) is 0 Å². The summed E-state index contributed by atoms with van der Waals surface area (Å²) in [5.74, 6) is 0.785. The van der Waals surface area contributed by atoms with Crippen LogP contribution in [0.1, 0.15) is 31.3 Å². The quantitative estimate of drug-likeness (QED) is 0.914. The monoisotopic (exact) mass is 259 g/mol. The van der Waals surface area contributed by atoms with E-state index in [0.29, 0.717) is 5.69 Å². The molecule has 0 radical (unpaired) electrons. The fourth-order valence-electron chi connectivity index (χ4n) is 1.56. The molecular formula is C15H17NO3. The van der Waals surface area contributed by atoms with Crippen molar-refractivity contribution in [3.8, 4) is 5.75 Å². The summed E-state index contributed by atoms with van der Waals surface area (Å²) < 4.78 is 10.7. The summed E-state index contributed by atoms with van der Waals surface area (Å²) >= 11 is 0. The number of ether oxygens (including phenoxy) is 1. The highest BCUT2D eigenvalue weighted by Crippen LogP contribution is 2.20. The third-order valence-electron chi connectivity index (χ3n) is 2.28. The Morgan fingerprint density at radius 2 is 1.84 bits per heavy atom. The van der Waals surface area contributed by atoms with Crippen molar-refractivity contribution < 1.29 is 13.9 Å². The molecule has 19 heavy (non-hydrogen) atoms. The van der Waals surface area contributed by atoms with E-state index in [1.54, 1.807) is 24.3 Å². The zero-order valence-electron chi connectivity index (χ0n) is 11.3. The molecule has 100 valence electrons. The van der Waals surface area contributed by atoms with Gasteiger partial charge in [-0.1, -0.05) is 0 Å². The number of hydrogen-bond acceptors (Lipinski definition) is 3. The third kappa shape index (κ3) is 3.88. The number of hydrogen-bond donors (Lipinski definition) is 1. The molecule has 2 aromatic rings. The van der Waals surface area contributed by atoms with E-state index in [-0.39, 0.29) is 17.3 Å². The van der Waals surface area contributed by atoms with Crippen LogP contribution in [0.25, 0.3) is 0 Å². The van der Waals surface area contributed by atoms with Crippen molar-refractivity contribution in [3.05, 3.63) is 48.4 Å². The first kappa shape index (κ1) is 13.2. The minimum atomic E-state index is -0.269. The molecule has 4 nitrogen and oxygen atoms in total. The predicted molar refractivity (Wildman–Crippen MR) is 73.5 cm³/mol. The maximum atomic E-state index is 11.8. The van der Waals surface area contributed by atoms with Crippen LogP contribution in [-0.4, -0.2) is 11.5 Å². The topological polar surface area (TPSA) is 51.5 Å². The van der Waals surface area contributed by atoms with Crippen molar-refractivity contribution in [1.82, 2.24) is 0 Å². The Morgan fingerprint density at radius 1 is 1.16 bits per heavy atom. The van der Waals surface area contributed by atoms with Gasteiger partial charge in [0.1, 0.15) is 11.4 Å². The molecule has 0 fully saturated rings. The van der Waals surface area contributed by atoms with Crippen molar-refractivity contribution in [2.45, 2.75) is 26.4 Å². The average molecular weight is 259 g/mol. The van der Waals surface area contributed by atoms with Crippen LogP contribution < -0.4 is 10.1 Å². The van der Waals surface area contributed by atoms with Gasteiger partial charge in [-0.3, -0.25) is 4.79 Å². The molecule has 0 atom stereocenters. The van der Waals surface area contributed by atoms with Crippen molar-refractivity contribution in [1.29, 1.82) is 0 Å². The highest BCUT2D eigenvalue weighted by Gasteiger charge is 2.12. The van der Waals surface area contributed by atoms with Gasteiger partial charge in [-0.2, -0.15) is 0 Å². The number of benzene rings is 1. The summed E-state index contributed by atoms with van der Waals surface area (Å²) in [6.07, 6.45) is 1.47. The highest BCUT2D eigenvalue weighted by molar-refractivity contribution is 6.02. The van der Waals surface area contributed by atoms with E-state index in [0.717, 1.165) is 5.75 Å². The first-order valence-corrected chi connectivity index (χ1v) is 6.08. The smallest absolute Gasteiger partial charge is 0.291 e. The van der Waals surface area contributed by atoms with Crippen LogP contribution in [0.15, 0.2) is 47.1 Å².